The van der Waals surface area contributed by atoms with Crippen LogP contribution < -0.4 is 10.6 Å². The number of hydrogen-bond donors (Lipinski definition) is 2. The van der Waals surface area contributed by atoms with E-state index in [1.54, 1.807) is 17.1 Å². The number of amides is 2. The molecule has 3 rings (SSSR count). The van der Waals surface area contributed by atoms with Crippen LogP contribution >= 0.6 is 0 Å². The zero-order valence-corrected chi connectivity index (χ0v) is 13.7. The quantitative estimate of drug-likeness (QED) is 0.803. The van der Waals surface area contributed by atoms with E-state index < -0.39 is 6.04 Å². The molecule has 0 aliphatic heterocycles. The van der Waals surface area contributed by atoms with Gasteiger partial charge in [0.2, 0.25) is 11.8 Å². The molecule has 24 heavy (non-hydrogen) atoms. The lowest BCUT2D eigenvalue weighted by Crippen LogP contribution is -2.49. The molecule has 1 fully saturated rings. The van der Waals surface area contributed by atoms with E-state index in [4.69, 9.17) is 0 Å². The molecule has 0 spiro atoms. The topological polar surface area (TPSA) is 76.0 Å². The lowest BCUT2D eigenvalue weighted by Gasteiger charge is -2.18. The molecule has 1 saturated carbocycles. The normalized spacial score (nSPS) is 14.9. The Hall–Kier alpha value is -2.63. The van der Waals surface area contributed by atoms with E-state index in [1.165, 1.54) is 0 Å². The molecule has 1 aromatic heterocycles. The van der Waals surface area contributed by atoms with Gasteiger partial charge in [-0.1, -0.05) is 30.3 Å². The largest absolute Gasteiger partial charge is 0.352 e. The van der Waals surface area contributed by atoms with Gasteiger partial charge in [-0.3, -0.25) is 14.3 Å². The second kappa shape index (κ2) is 7.29. The summed E-state index contributed by atoms with van der Waals surface area (Å²) in [7, 11) is 0. The van der Waals surface area contributed by atoms with Gasteiger partial charge in [-0.25, -0.2) is 0 Å². The number of carbonyl (C=O) groups excluding carboxylic acids is 2. The van der Waals surface area contributed by atoms with Crippen molar-refractivity contribution in [1.29, 1.82) is 0 Å². The Morgan fingerprint density at radius 1 is 1.29 bits per heavy atom. The fraction of sp³-hybridized carbons (Fsp3) is 0.389. The number of aromatic nitrogens is 2. The van der Waals surface area contributed by atoms with E-state index in [-0.39, 0.29) is 24.4 Å². The summed E-state index contributed by atoms with van der Waals surface area (Å²) < 4.78 is 1.57. The number of rotatable bonds is 7. The average molecular weight is 326 g/mol. The van der Waals surface area contributed by atoms with Crippen molar-refractivity contribution in [1.82, 2.24) is 20.4 Å². The Morgan fingerprint density at radius 3 is 2.67 bits per heavy atom. The number of hydrogen-bond acceptors (Lipinski definition) is 3. The predicted molar refractivity (Wildman–Crippen MR) is 90.2 cm³/mol. The van der Waals surface area contributed by atoms with Gasteiger partial charge in [0.15, 0.2) is 0 Å². The number of nitrogens with one attached hydrogen (secondary N) is 2. The molecule has 6 heteroatoms. The number of aryl methyl sites for hydroxylation is 1. The molecule has 0 saturated heterocycles. The fourth-order valence-corrected chi connectivity index (χ4v) is 2.53. The van der Waals surface area contributed by atoms with Crippen LogP contribution in [0.15, 0.2) is 42.7 Å². The zero-order chi connectivity index (χ0) is 16.9. The van der Waals surface area contributed by atoms with Gasteiger partial charge in [0, 0.05) is 18.7 Å². The molecular formula is C18H22N4O2. The first-order valence-electron chi connectivity index (χ1n) is 8.23. The third kappa shape index (κ3) is 4.68. The van der Waals surface area contributed by atoms with Crippen LogP contribution in [0.3, 0.4) is 0 Å². The second-order valence-corrected chi connectivity index (χ2v) is 6.31. The second-order valence-electron chi connectivity index (χ2n) is 6.31. The van der Waals surface area contributed by atoms with Crippen molar-refractivity contribution in [2.75, 3.05) is 0 Å². The summed E-state index contributed by atoms with van der Waals surface area (Å²) in [5.41, 5.74) is 2.01. The molecule has 2 N–H and O–H groups in total. The molecule has 1 atom stereocenters. The Morgan fingerprint density at radius 2 is 2.04 bits per heavy atom. The number of nitrogens with zero attached hydrogens (tertiary/aromatic N) is 2. The molecule has 1 heterocycles. The van der Waals surface area contributed by atoms with E-state index in [9.17, 15) is 9.59 Å². The summed E-state index contributed by atoms with van der Waals surface area (Å²) in [5, 5.41) is 9.92. The van der Waals surface area contributed by atoms with Crippen LogP contribution in [-0.2, 0) is 22.6 Å². The molecule has 1 aromatic carbocycles. The van der Waals surface area contributed by atoms with Crippen LogP contribution in [-0.4, -0.2) is 33.7 Å². The zero-order valence-electron chi connectivity index (χ0n) is 13.7. The molecule has 1 aliphatic carbocycles. The van der Waals surface area contributed by atoms with Crippen molar-refractivity contribution in [3.63, 3.8) is 0 Å². The van der Waals surface area contributed by atoms with Crippen molar-refractivity contribution >= 4 is 11.8 Å². The van der Waals surface area contributed by atoms with Gasteiger partial charge in [-0.2, -0.15) is 5.10 Å². The van der Waals surface area contributed by atoms with E-state index in [0.717, 1.165) is 24.0 Å². The van der Waals surface area contributed by atoms with Crippen LogP contribution in [0.25, 0.3) is 0 Å². The maximum absolute atomic E-state index is 12.4. The highest BCUT2D eigenvalue weighted by Crippen LogP contribution is 2.19. The van der Waals surface area contributed by atoms with Crippen LogP contribution in [0.5, 0.6) is 0 Å². The summed E-state index contributed by atoms with van der Waals surface area (Å²) in [6, 6.07) is 9.40. The van der Waals surface area contributed by atoms with Crippen molar-refractivity contribution in [3.05, 3.63) is 53.9 Å². The van der Waals surface area contributed by atoms with E-state index in [2.05, 4.69) is 15.7 Å². The van der Waals surface area contributed by atoms with Gasteiger partial charge < -0.3 is 10.6 Å². The van der Waals surface area contributed by atoms with Gasteiger partial charge in [0.05, 0.1) is 6.20 Å². The molecule has 1 aliphatic rings. The Balaban J connectivity index is 1.63. The first kappa shape index (κ1) is 16.2. The van der Waals surface area contributed by atoms with Gasteiger partial charge in [-0.15, -0.1) is 0 Å². The maximum Gasteiger partial charge on any atom is 0.243 e. The standard InChI is InChI=1S/C18H22N4O2/c1-13-10-19-22(11-13)12-17(23)21-16(18(24)20-15-7-8-15)9-14-5-3-2-4-6-14/h2-6,10-11,15-16H,7-9,12H2,1H3,(H,20,24)(H,21,23). The van der Waals surface area contributed by atoms with Gasteiger partial charge >= 0.3 is 0 Å². The molecule has 0 bridgehead atoms. The third-order valence-electron chi connectivity index (χ3n) is 3.93. The highest BCUT2D eigenvalue weighted by Gasteiger charge is 2.28. The maximum atomic E-state index is 12.4. The molecular weight excluding hydrogens is 304 g/mol. The molecule has 126 valence electrons. The smallest absolute Gasteiger partial charge is 0.243 e. The summed E-state index contributed by atoms with van der Waals surface area (Å²) >= 11 is 0. The first-order valence-corrected chi connectivity index (χ1v) is 8.23. The average Bonchev–Trinajstić information content (AvgIpc) is 3.28. The number of carbonyl (C=O) groups is 2. The summed E-state index contributed by atoms with van der Waals surface area (Å²) in [4.78, 5) is 24.7. The minimum absolute atomic E-state index is 0.107. The van der Waals surface area contributed by atoms with Gasteiger partial charge in [0.25, 0.3) is 0 Å². The highest BCUT2D eigenvalue weighted by atomic mass is 16.2. The molecule has 0 radical (unpaired) electrons. The van der Waals surface area contributed by atoms with Crippen LogP contribution in [0.2, 0.25) is 0 Å². The minimum atomic E-state index is -0.572. The van der Waals surface area contributed by atoms with Crippen LogP contribution in [0.1, 0.15) is 24.0 Å². The van der Waals surface area contributed by atoms with Gasteiger partial charge in [0.1, 0.15) is 12.6 Å². The van der Waals surface area contributed by atoms with Crippen molar-refractivity contribution in [2.45, 2.75) is 44.8 Å². The summed E-state index contributed by atoms with van der Waals surface area (Å²) in [6.07, 6.45) is 6.02. The molecule has 2 aromatic rings. The Kier molecular flexibility index (Phi) is 4.93. The fourth-order valence-electron chi connectivity index (χ4n) is 2.53. The Labute approximate surface area is 141 Å². The van der Waals surface area contributed by atoms with Crippen LogP contribution in [0.4, 0.5) is 0 Å². The van der Waals surface area contributed by atoms with E-state index in [1.807, 2.05) is 37.3 Å². The van der Waals surface area contributed by atoms with E-state index >= 15 is 0 Å². The lowest BCUT2D eigenvalue weighted by molar-refractivity contribution is -0.129. The molecule has 2 amide bonds. The highest BCUT2D eigenvalue weighted by molar-refractivity contribution is 5.88. The first-order chi connectivity index (χ1) is 11.6. The third-order valence-corrected chi connectivity index (χ3v) is 3.93. The number of benzene rings is 1. The van der Waals surface area contributed by atoms with Crippen molar-refractivity contribution in [3.8, 4) is 0 Å². The summed E-state index contributed by atoms with van der Waals surface area (Å²) in [5.74, 6) is -0.337. The van der Waals surface area contributed by atoms with E-state index in [0.29, 0.717) is 6.42 Å². The minimum Gasteiger partial charge on any atom is -0.352 e. The Bertz CT molecular complexity index is 707. The summed E-state index contributed by atoms with van der Waals surface area (Å²) in [6.45, 7) is 2.03. The molecule has 6 nitrogen and oxygen atoms in total. The van der Waals surface area contributed by atoms with Crippen molar-refractivity contribution in [2.24, 2.45) is 0 Å². The monoisotopic (exact) mass is 326 g/mol. The lowest BCUT2D eigenvalue weighted by atomic mass is 10.1. The van der Waals surface area contributed by atoms with Gasteiger partial charge in [-0.05, 0) is 30.9 Å². The van der Waals surface area contributed by atoms with Crippen molar-refractivity contribution < 1.29 is 9.59 Å². The molecule has 1 unspecified atom stereocenters. The van der Waals surface area contributed by atoms with Crippen LogP contribution in [0, 0.1) is 6.92 Å². The predicted octanol–water partition coefficient (Wildman–Crippen LogP) is 1.20. The SMILES string of the molecule is Cc1cnn(CC(=O)NC(Cc2ccccc2)C(=O)NC2CC2)c1.